The molecule has 0 radical (unpaired) electrons. The summed E-state index contributed by atoms with van der Waals surface area (Å²) in [4.78, 5) is 8.54. The molecule has 0 saturated carbocycles. The van der Waals surface area contributed by atoms with E-state index in [2.05, 4.69) is 31.2 Å². The van der Waals surface area contributed by atoms with Crippen LogP contribution in [0.4, 0.5) is 11.6 Å². The van der Waals surface area contributed by atoms with Crippen LogP contribution in [0.5, 0.6) is 0 Å². The van der Waals surface area contributed by atoms with E-state index < -0.39 is 0 Å². The first-order chi connectivity index (χ1) is 7.69. The van der Waals surface area contributed by atoms with Gasteiger partial charge in [-0.1, -0.05) is 28.1 Å². The summed E-state index contributed by atoms with van der Waals surface area (Å²) in [5.41, 5.74) is 6.64. The van der Waals surface area contributed by atoms with Crippen LogP contribution >= 0.6 is 15.9 Å². The molecular weight excluding hydrogens is 268 g/mol. The number of benzene rings is 1. The van der Waals surface area contributed by atoms with Gasteiger partial charge in [-0.15, -0.1) is 0 Å². The topological polar surface area (TPSA) is 63.8 Å². The first-order valence-corrected chi connectivity index (χ1v) is 5.56. The van der Waals surface area contributed by atoms with Crippen molar-refractivity contribution >= 4 is 27.6 Å². The predicted octanol–water partition coefficient (Wildman–Crippen LogP) is 2.53. The Morgan fingerprint density at radius 2 is 2.06 bits per heavy atom. The van der Waals surface area contributed by atoms with E-state index >= 15 is 0 Å². The van der Waals surface area contributed by atoms with E-state index in [1.165, 1.54) is 0 Å². The van der Waals surface area contributed by atoms with Crippen molar-refractivity contribution in [3.63, 3.8) is 0 Å². The minimum atomic E-state index is 0.453. The Morgan fingerprint density at radius 3 is 2.75 bits per heavy atom. The summed E-state index contributed by atoms with van der Waals surface area (Å²) in [7, 11) is 1.80. The van der Waals surface area contributed by atoms with Crippen LogP contribution in [-0.4, -0.2) is 17.0 Å². The van der Waals surface area contributed by atoms with Crippen LogP contribution < -0.4 is 11.1 Å². The minimum absolute atomic E-state index is 0.453. The smallest absolute Gasteiger partial charge is 0.163 e. The molecule has 0 atom stereocenters. The highest BCUT2D eigenvalue weighted by Gasteiger charge is 2.04. The maximum absolute atomic E-state index is 5.71. The van der Waals surface area contributed by atoms with E-state index in [1.807, 2.05) is 24.3 Å². The average molecular weight is 279 g/mol. The van der Waals surface area contributed by atoms with Gasteiger partial charge in [0.1, 0.15) is 11.6 Å². The molecule has 82 valence electrons. The predicted molar refractivity (Wildman–Crippen MR) is 69.1 cm³/mol. The van der Waals surface area contributed by atoms with E-state index in [1.54, 1.807) is 13.1 Å². The van der Waals surface area contributed by atoms with Crippen LogP contribution in [0, 0.1) is 0 Å². The molecule has 0 bridgehead atoms. The SMILES string of the molecule is CNc1cc(N)nc(-c2cccc(Br)c2)n1. The fourth-order valence-corrected chi connectivity index (χ4v) is 1.75. The molecule has 2 aromatic rings. The largest absolute Gasteiger partial charge is 0.384 e. The Kier molecular flexibility index (Phi) is 3.05. The Balaban J connectivity index is 2.51. The normalized spacial score (nSPS) is 10.1. The number of hydrogen-bond acceptors (Lipinski definition) is 4. The summed E-state index contributed by atoms with van der Waals surface area (Å²) < 4.78 is 0.988. The molecule has 0 fully saturated rings. The van der Waals surface area contributed by atoms with Crippen LogP contribution in [0.1, 0.15) is 0 Å². The van der Waals surface area contributed by atoms with E-state index in [9.17, 15) is 0 Å². The molecule has 0 spiro atoms. The zero-order chi connectivity index (χ0) is 11.5. The van der Waals surface area contributed by atoms with Gasteiger partial charge in [0.2, 0.25) is 0 Å². The summed E-state index contributed by atoms with van der Waals surface area (Å²) in [6.45, 7) is 0. The molecule has 1 aromatic carbocycles. The highest BCUT2D eigenvalue weighted by Crippen LogP contribution is 2.21. The molecular formula is C11H11BrN4. The van der Waals surface area contributed by atoms with Crippen LogP contribution in [-0.2, 0) is 0 Å². The molecule has 0 amide bonds. The summed E-state index contributed by atoms with van der Waals surface area (Å²) in [6.07, 6.45) is 0. The zero-order valence-corrected chi connectivity index (χ0v) is 10.3. The fourth-order valence-electron chi connectivity index (χ4n) is 1.35. The van der Waals surface area contributed by atoms with Crippen LogP contribution in [0.3, 0.4) is 0 Å². The van der Waals surface area contributed by atoms with Crippen molar-refractivity contribution in [2.75, 3.05) is 18.1 Å². The Hall–Kier alpha value is -1.62. The molecule has 3 N–H and O–H groups in total. The molecule has 2 rings (SSSR count). The van der Waals surface area contributed by atoms with Gasteiger partial charge in [0.05, 0.1) is 0 Å². The van der Waals surface area contributed by atoms with Gasteiger partial charge in [-0.3, -0.25) is 0 Å². The molecule has 0 aliphatic carbocycles. The van der Waals surface area contributed by atoms with Gasteiger partial charge in [0.15, 0.2) is 5.82 Å². The van der Waals surface area contributed by atoms with Gasteiger partial charge < -0.3 is 11.1 Å². The van der Waals surface area contributed by atoms with Crippen molar-refractivity contribution in [3.05, 3.63) is 34.8 Å². The molecule has 1 aromatic heterocycles. The molecule has 0 unspecified atom stereocenters. The third kappa shape index (κ3) is 2.30. The summed E-state index contributed by atoms with van der Waals surface area (Å²) in [5, 5.41) is 2.95. The molecule has 0 aliphatic rings. The lowest BCUT2D eigenvalue weighted by molar-refractivity contribution is 1.17. The van der Waals surface area contributed by atoms with Gasteiger partial charge in [-0.25, -0.2) is 9.97 Å². The highest BCUT2D eigenvalue weighted by molar-refractivity contribution is 9.10. The highest BCUT2D eigenvalue weighted by atomic mass is 79.9. The Bertz CT molecular complexity index is 513. The Morgan fingerprint density at radius 1 is 1.25 bits per heavy atom. The summed E-state index contributed by atoms with van der Waals surface area (Å²) in [6, 6.07) is 9.48. The van der Waals surface area contributed by atoms with E-state index in [0.29, 0.717) is 17.5 Å². The van der Waals surface area contributed by atoms with Gasteiger partial charge >= 0.3 is 0 Å². The molecule has 16 heavy (non-hydrogen) atoms. The lowest BCUT2D eigenvalue weighted by atomic mass is 10.2. The van der Waals surface area contributed by atoms with Crippen molar-refractivity contribution in [1.29, 1.82) is 0 Å². The first-order valence-electron chi connectivity index (χ1n) is 4.77. The summed E-state index contributed by atoms with van der Waals surface area (Å²) in [5.74, 6) is 1.78. The van der Waals surface area contributed by atoms with Crippen molar-refractivity contribution in [2.45, 2.75) is 0 Å². The molecule has 4 nitrogen and oxygen atoms in total. The lowest BCUT2D eigenvalue weighted by Gasteiger charge is -2.05. The van der Waals surface area contributed by atoms with E-state index in [-0.39, 0.29) is 0 Å². The second-order valence-corrected chi connectivity index (χ2v) is 4.18. The molecule has 0 aliphatic heterocycles. The van der Waals surface area contributed by atoms with E-state index in [0.717, 1.165) is 10.0 Å². The minimum Gasteiger partial charge on any atom is -0.384 e. The summed E-state index contributed by atoms with van der Waals surface area (Å²) >= 11 is 3.41. The lowest BCUT2D eigenvalue weighted by Crippen LogP contribution is -2.00. The van der Waals surface area contributed by atoms with Gasteiger partial charge in [0, 0.05) is 23.2 Å². The third-order valence-electron chi connectivity index (χ3n) is 2.08. The van der Waals surface area contributed by atoms with Crippen molar-refractivity contribution in [3.8, 4) is 11.4 Å². The van der Waals surface area contributed by atoms with Crippen LogP contribution in [0.15, 0.2) is 34.8 Å². The number of nitrogens with zero attached hydrogens (tertiary/aromatic N) is 2. The van der Waals surface area contributed by atoms with Crippen molar-refractivity contribution < 1.29 is 0 Å². The van der Waals surface area contributed by atoms with Crippen LogP contribution in [0.2, 0.25) is 0 Å². The van der Waals surface area contributed by atoms with Crippen molar-refractivity contribution in [2.24, 2.45) is 0 Å². The van der Waals surface area contributed by atoms with Gasteiger partial charge in [-0.2, -0.15) is 0 Å². The van der Waals surface area contributed by atoms with Gasteiger partial charge in [0.25, 0.3) is 0 Å². The average Bonchev–Trinajstić information content (AvgIpc) is 2.28. The zero-order valence-electron chi connectivity index (χ0n) is 8.74. The van der Waals surface area contributed by atoms with E-state index in [4.69, 9.17) is 5.73 Å². The number of anilines is 2. The number of halogens is 1. The number of rotatable bonds is 2. The maximum atomic E-state index is 5.71. The van der Waals surface area contributed by atoms with Gasteiger partial charge in [-0.05, 0) is 12.1 Å². The third-order valence-corrected chi connectivity index (χ3v) is 2.58. The Labute approximate surface area is 102 Å². The number of nitrogen functional groups attached to an aromatic ring is 1. The maximum Gasteiger partial charge on any atom is 0.163 e. The number of aromatic nitrogens is 2. The monoisotopic (exact) mass is 278 g/mol. The quantitative estimate of drug-likeness (QED) is 0.886. The second kappa shape index (κ2) is 4.49. The first kappa shape index (κ1) is 10.9. The second-order valence-electron chi connectivity index (χ2n) is 3.26. The van der Waals surface area contributed by atoms with Crippen molar-refractivity contribution in [1.82, 2.24) is 9.97 Å². The molecule has 0 saturated heterocycles. The number of hydrogen-bond donors (Lipinski definition) is 2. The molecule has 1 heterocycles. The fraction of sp³-hybridized carbons (Fsp3) is 0.0909. The van der Waals surface area contributed by atoms with Crippen LogP contribution in [0.25, 0.3) is 11.4 Å². The molecule has 5 heteroatoms. The number of nitrogens with one attached hydrogen (secondary N) is 1. The standard InChI is InChI=1S/C11H11BrN4/c1-14-10-6-9(13)15-11(16-10)7-3-2-4-8(12)5-7/h2-6H,1H3,(H3,13,14,15,16). The number of nitrogens with two attached hydrogens (primary N) is 1.